The van der Waals surface area contributed by atoms with Crippen LogP contribution in [0.2, 0.25) is 0 Å². The third kappa shape index (κ3) is 6.36. The highest BCUT2D eigenvalue weighted by atomic mass is 16.2. The highest BCUT2D eigenvalue weighted by Gasteiger charge is 2.18. The van der Waals surface area contributed by atoms with E-state index >= 15 is 0 Å². The summed E-state index contributed by atoms with van der Waals surface area (Å²) in [5, 5.41) is 8.52. The molecule has 0 aromatic rings. The fraction of sp³-hybridized carbons (Fsp3) is 0.867. The van der Waals surface area contributed by atoms with Crippen LogP contribution in [-0.2, 0) is 4.79 Å². The minimum Gasteiger partial charge on any atom is -0.345 e. The number of carbonyl (C=O) groups is 1. The summed E-state index contributed by atoms with van der Waals surface area (Å²) >= 11 is 0. The lowest BCUT2D eigenvalue weighted by Gasteiger charge is -2.35. The van der Waals surface area contributed by atoms with E-state index < -0.39 is 0 Å². The highest BCUT2D eigenvalue weighted by molar-refractivity contribution is 5.76. The SMILES string of the molecule is CC(C)CN1CCN(CCC(=O)N(C)CCC#N)CC1. The maximum absolute atomic E-state index is 11.9. The van der Waals surface area contributed by atoms with Gasteiger partial charge in [-0.1, -0.05) is 13.8 Å². The van der Waals surface area contributed by atoms with Crippen molar-refractivity contribution in [1.29, 1.82) is 5.26 Å². The van der Waals surface area contributed by atoms with Gasteiger partial charge in [0.25, 0.3) is 0 Å². The molecule has 114 valence electrons. The monoisotopic (exact) mass is 280 g/mol. The molecular formula is C15H28N4O. The molecule has 1 heterocycles. The number of nitrogens with zero attached hydrogens (tertiary/aromatic N) is 4. The van der Waals surface area contributed by atoms with Crippen LogP contribution in [0.4, 0.5) is 0 Å². The van der Waals surface area contributed by atoms with Crippen LogP contribution in [0, 0.1) is 17.2 Å². The van der Waals surface area contributed by atoms with Crippen LogP contribution in [0.5, 0.6) is 0 Å². The summed E-state index contributed by atoms with van der Waals surface area (Å²) in [5.74, 6) is 0.863. The Morgan fingerprint density at radius 1 is 1.25 bits per heavy atom. The first-order chi connectivity index (χ1) is 9.52. The van der Waals surface area contributed by atoms with Crippen molar-refractivity contribution < 1.29 is 4.79 Å². The topological polar surface area (TPSA) is 50.6 Å². The number of piperazine rings is 1. The molecule has 0 spiro atoms. The molecule has 1 saturated heterocycles. The minimum absolute atomic E-state index is 0.143. The predicted molar refractivity (Wildman–Crippen MR) is 80.2 cm³/mol. The minimum atomic E-state index is 0.143. The van der Waals surface area contributed by atoms with E-state index in [0.717, 1.165) is 38.6 Å². The first-order valence-corrected chi connectivity index (χ1v) is 7.58. The van der Waals surface area contributed by atoms with Crippen molar-refractivity contribution in [1.82, 2.24) is 14.7 Å². The van der Waals surface area contributed by atoms with E-state index in [1.165, 1.54) is 6.54 Å². The molecular weight excluding hydrogens is 252 g/mol. The van der Waals surface area contributed by atoms with Crippen molar-refractivity contribution in [2.75, 3.05) is 52.9 Å². The van der Waals surface area contributed by atoms with Gasteiger partial charge in [0.2, 0.25) is 5.91 Å². The van der Waals surface area contributed by atoms with Crippen LogP contribution in [0.3, 0.4) is 0 Å². The Balaban J connectivity index is 2.18. The van der Waals surface area contributed by atoms with E-state index in [1.54, 1.807) is 11.9 Å². The van der Waals surface area contributed by atoms with Gasteiger partial charge >= 0.3 is 0 Å². The molecule has 1 fully saturated rings. The van der Waals surface area contributed by atoms with Crippen LogP contribution in [0.25, 0.3) is 0 Å². The van der Waals surface area contributed by atoms with Crippen molar-refractivity contribution in [2.24, 2.45) is 5.92 Å². The lowest BCUT2D eigenvalue weighted by molar-refractivity contribution is -0.130. The summed E-state index contributed by atoms with van der Waals surface area (Å²) in [6.07, 6.45) is 0.974. The Kier molecular flexibility index (Phi) is 7.56. The van der Waals surface area contributed by atoms with Crippen LogP contribution >= 0.6 is 0 Å². The second-order valence-electron chi connectivity index (χ2n) is 6.01. The molecule has 0 aromatic carbocycles. The molecule has 0 radical (unpaired) electrons. The highest BCUT2D eigenvalue weighted by Crippen LogP contribution is 2.06. The van der Waals surface area contributed by atoms with Gasteiger partial charge in [0.15, 0.2) is 0 Å². The van der Waals surface area contributed by atoms with Gasteiger partial charge in [-0.3, -0.25) is 4.79 Å². The smallest absolute Gasteiger partial charge is 0.223 e. The number of amides is 1. The Morgan fingerprint density at radius 3 is 2.40 bits per heavy atom. The first kappa shape index (κ1) is 16.9. The molecule has 1 rings (SSSR count). The number of hydrogen-bond acceptors (Lipinski definition) is 4. The molecule has 20 heavy (non-hydrogen) atoms. The fourth-order valence-electron chi connectivity index (χ4n) is 2.50. The number of hydrogen-bond donors (Lipinski definition) is 0. The normalized spacial score (nSPS) is 17.1. The Labute approximate surface area is 123 Å². The average Bonchev–Trinajstić information content (AvgIpc) is 2.43. The molecule has 5 heteroatoms. The summed E-state index contributed by atoms with van der Waals surface area (Å²) in [7, 11) is 1.78. The fourth-order valence-corrected chi connectivity index (χ4v) is 2.50. The molecule has 1 aliphatic heterocycles. The van der Waals surface area contributed by atoms with Gasteiger partial charge in [-0.2, -0.15) is 5.26 Å². The van der Waals surface area contributed by atoms with Gasteiger partial charge in [0.1, 0.15) is 0 Å². The van der Waals surface area contributed by atoms with Crippen LogP contribution in [0.1, 0.15) is 26.7 Å². The van der Waals surface area contributed by atoms with Gasteiger partial charge < -0.3 is 14.7 Å². The van der Waals surface area contributed by atoms with Crippen molar-refractivity contribution in [2.45, 2.75) is 26.7 Å². The maximum Gasteiger partial charge on any atom is 0.223 e. The van der Waals surface area contributed by atoms with Crippen molar-refractivity contribution in [3.63, 3.8) is 0 Å². The van der Waals surface area contributed by atoms with Crippen molar-refractivity contribution in [3.05, 3.63) is 0 Å². The van der Waals surface area contributed by atoms with E-state index in [-0.39, 0.29) is 5.91 Å². The third-order valence-corrected chi connectivity index (χ3v) is 3.71. The lowest BCUT2D eigenvalue weighted by atomic mass is 10.2. The molecule has 5 nitrogen and oxygen atoms in total. The Hall–Kier alpha value is -1.12. The Morgan fingerprint density at radius 2 is 1.85 bits per heavy atom. The van der Waals surface area contributed by atoms with Gasteiger partial charge in [-0.05, 0) is 5.92 Å². The second kappa shape index (κ2) is 8.93. The van der Waals surface area contributed by atoms with Gasteiger partial charge in [0, 0.05) is 59.3 Å². The molecule has 0 unspecified atom stereocenters. The maximum atomic E-state index is 11.9. The quantitative estimate of drug-likeness (QED) is 0.699. The van der Waals surface area contributed by atoms with E-state index in [9.17, 15) is 4.79 Å². The largest absolute Gasteiger partial charge is 0.345 e. The third-order valence-electron chi connectivity index (χ3n) is 3.71. The summed E-state index contributed by atoms with van der Waals surface area (Å²) in [5.41, 5.74) is 0. The second-order valence-corrected chi connectivity index (χ2v) is 6.01. The summed E-state index contributed by atoms with van der Waals surface area (Å²) < 4.78 is 0. The van der Waals surface area contributed by atoms with Crippen molar-refractivity contribution in [3.8, 4) is 6.07 Å². The lowest BCUT2D eigenvalue weighted by Crippen LogP contribution is -2.48. The van der Waals surface area contributed by atoms with E-state index in [0.29, 0.717) is 19.4 Å². The van der Waals surface area contributed by atoms with Gasteiger partial charge in [-0.25, -0.2) is 0 Å². The number of rotatable bonds is 7. The molecule has 0 N–H and O–H groups in total. The average molecular weight is 280 g/mol. The molecule has 1 aliphatic rings. The van der Waals surface area contributed by atoms with Crippen LogP contribution in [-0.4, -0.2) is 73.5 Å². The molecule has 0 atom stereocenters. The number of nitriles is 1. The van der Waals surface area contributed by atoms with Crippen LogP contribution in [0.15, 0.2) is 0 Å². The van der Waals surface area contributed by atoms with Crippen LogP contribution < -0.4 is 0 Å². The molecule has 0 bridgehead atoms. The number of carbonyl (C=O) groups excluding carboxylic acids is 1. The molecule has 1 amide bonds. The van der Waals surface area contributed by atoms with Gasteiger partial charge in [-0.15, -0.1) is 0 Å². The Bertz CT molecular complexity index is 329. The van der Waals surface area contributed by atoms with E-state index in [2.05, 4.69) is 29.7 Å². The molecule has 0 aliphatic carbocycles. The molecule has 0 saturated carbocycles. The first-order valence-electron chi connectivity index (χ1n) is 7.58. The van der Waals surface area contributed by atoms with Crippen molar-refractivity contribution >= 4 is 5.91 Å². The van der Waals surface area contributed by atoms with Gasteiger partial charge in [0.05, 0.1) is 12.5 Å². The van der Waals surface area contributed by atoms with E-state index in [1.807, 2.05) is 0 Å². The zero-order valence-electron chi connectivity index (χ0n) is 13.1. The summed E-state index contributed by atoms with van der Waals surface area (Å²) in [6.45, 7) is 11.4. The zero-order chi connectivity index (χ0) is 15.0. The van der Waals surface area contributed by atoms with E-state index in [4.69, 9.17) is 5.26 Å². The standard InChI is InChI=1S/C15H28N4O/c1-14(2)13-19-11-9-18(10-12-19)8-5-15(20)17(3)7-4-6-16/h14H,4-5,7-13H2,1-3H3. The predicted octanol–water partition coefficient (Wildman–Crippen LogP) is 1.02. The zero-order valence-corrected chi connectivity index (χ0v) is 13.1. The summed E-state index contributed by atoms with van der Waals surface area (Å²) in [6, 6.07) is 2.07. The molecule has 0 aromatic heterocycles. The summed E-state index contributed by atoms with van der Waals surface area (Å²) in [4.78, 5) is 18.4.